The predicted octanol–water partition coefficient (Wildman–Crippen LogP) is 2.93. The van der Waals surface area contributed by atoms with Crippen molar-refractivity contribution in [2.24, 2.45) is 0 Å². The van der Waals surface area contributed by atoms with E-state index in [1.54, 1.807) is 6.92 Å². The molecule has 0 radical (unpaired) electrons. The van der Waals surface area contributed by atoms with Crippen molar-refractivity contribution in [1.82, 2.24) is 0 Å². The number of benzene rings is 1. The van der Waals surface area contributed by atoms with Crippen LogP contribution < -0.4 is 0 Å². The Bertz CT molecular complexity index is 336. The zero-order valence-electron chi connectivity index (χ0n) is 6.85. The number of Topliss-reactive ketones (excluding diaryl/α,β-unsaturated/α-hetero) is 1. The van der Waals surface area contributed by atoms with E-state index in [1.807, 2.05) is 0 Å². The quantitative estimate of drug-likeness (QED) is 0.581. The van der Waals surface area contributed by atoms with Gasteiger partial charge in [-0.15, -0.1) is 0 Å². The predicted molar refractivity (Wildman–Crippen MR) is 49.1 cm³/mol. The zero-order chi connectivity index (χ0) is 10.0. The van der Waals surface area contributed by atoms with Gasteiger partial charge < -0.3 is 0 Å². The average Bonchev–Trinajstić information content (AvgIpc) is 2.08. The van der Waals surface area contributed by atoms with Crippen LogP contribution in [0.15, 0.2) is 18.2 Å². The van der Waals surface area contributed by atoms with Crippen molar-refractivity contribution in [3.8, 4) is 0 Å². The standard InChI is InChI=1S/C9H7BrF2O/c1-5(10)9(13)7-4-6(11)2-3-8(7)12/h2-5H,1H3/t5-/m0/s1. The Morgan fingerprint density at radius 3 is 2.62 bits per heavy atom. The van der Waals surface area contributed by atoms with Crippen LogP contribution in [0.25, 0.3) is 0 Å². The van der Waals surface area contributed by atoms with E-state index in [0.29, 0.717) is 0 Å². The van der Waals surface area contributed by atoms with E-state index < -0.39 is 22.2 Å². The van der Waals surface area contributed by atoms with E-state index in [9.17, 15) is 13.6 Å². The Hall–Kier alpha value is -0.770. The molecule has 13 heavy (non-hydrogen) atoms. The van der Waals surface area contributed by atoms with Crippen LogP contribution in [-0.4, -0.2) is 10.6 Å². The van der Waals surface area contributed by atoms with E-state index in [0.717, 1.165) is 18.2 Å². The van der Waals surface area contributed by atoms with E-state index in [2.05, 4.69) is 15.9 Å². The Balaban J connectivity index is 3.13. The van der Waals surface area contributed by atoms with Gasteiger partial charge in [0.05, 0.1) is 10.4 Å². The first-order chi connectivity index (χ1) is 6.02. The summed E-state index contributed by atoms with van der Waals surface area (Å²) >= 11 is 3.00. The molecule has 0 aromatic heterocycles. The van der Waals surface area contributed by atoms with Crippen molar-refractivity contribution in [3.05, 3.63) is 35.4 Å². The lowest BCUT2D eigenvalue weighted by molar-refractivity contribution is 0.0991. The summed E-state index contributed by atoms with van der Waals surface area (Å²) in [5, 5.41) is 0. The maximum Gasteiger partial charge on any atom is 0.179 e. The van der Waals surface area contributed by atoms with Crippen LogP contribution in [0.2, 0.25) is 0 Å². The number of halogens is 3. The second-order valence-corrected chi connectivity index (χ2v) is 3.98. The van der Waals surface area contributed by atoms with Gasteiger partial charge in [0.1, 0.15) is 11.6 Å². The van der Waals surface area contributed by atoms with Crippen LogP contribution in [-0.2, 0) is 0 Å². The van der Waals surface area contributed by atoms with E-state index in [-0.39, 0.29) is 5.56 Å². The molecule has 0 N–H and O–H groups in total. The minimum atomic E-state index is -0.697. The molecule has 0 heterocycles. The molecule has 0 aliphatic heterocycles. The first kappa shape index (κ1) is 10.3. The van der Waals surface area contributed by atoms with Crippen LogP contribution in [0.5, 0.6) is 0 Å². The molecule has 1 rings (SSSR count). The van der Waals surface area contributed by atoms with Gasteiger partial charge in [0.2, 0.25) is 0 Å². The summed E-state index contributed by atoms with van der Waals surface area (Å²) < 4.78 is 25.6. The van der Waals surface area contributed by atoms with E-state index in [4.69, 9.17) is 0 Å². The number of carbonyl (C=O) groups excluding carboxylic acids is 1. The lowest BCUT2D eigenvalue weighted by Crippen LogP contribution is -2.12. The SMILES string of the molecule is C[C@H](Br)C(=O)c1cc(F)ccc1F. The molecule has 0 aliphatic carbocycles. The number of hydrogen-bond acceptors (Lipinski definition) is 1. The highest BCUT2D eigenvalue weighted by molar-refractivity contribution is 9.10. The summed E-state index contributed by atoms with van der Waals surface area (Å²) in [5.41, 5.74) is -0.218. The van der Waals surface area contributed by atoms with Crippen molar-refractivity contribution in [3.63, 3.8) is 0 Å². The number of rotatable bonds is 2. The van der Waals surface area contributed by atoms with Gasteiger partial charge in [-0.3, -0.25) is 4.79 Å². The van der Waals surface area contributed by atoms with E-state index in [1.165, 1.54) is 0 Å². The fourth-order valence-electron chi connectivity index (χ4n) is 0.901. The fourth-order valence-corrected chi connectivity index (χ4v) is 1.15. The minimum Gasteiger partial charge on any atom is -0.293 e. The molecule has 70 valence electrons. The maximum atomic E-state index is 13.0. The van der Waals surface area contributed by atoms with Crippen molar-refractivity contribution in [2.45, 2.75) is 11.8 Å². The normalized spacial score (nSPS) is 12.6. The van der Waals surface area contributed by atoms with Crippen molar-refractivity contribution < 1.29 is 13.6 Å². The van der Waals surface area contributed by atoms with Gasteiger partial charge in [0, 0.05) is 0 Å². The molecule has 1 aromatic rings. The number of hydrogen-bond donors (Lipinski definition) is 0. The lowest BCUT2D eigenvalue weighted by atomic mass is 10.1. The summed E-state index contributed by atoms with van der Waals surface area (Å²) in [5.74, 6) is -1.77. The summed E-state index contributed by atoms with van der Waals surface area (Å²) in [6, 6.07) is 2.82. The highest BCUT2D eigenvalue weighted by atomic mass is 79.9. The van der Waals surface area contributed by atoms with Crippen LogP contribution in [0.3, 0.4) is 0 Å². The Kier molecular flexibility index (Phi) is 3.14. The molecular formula is C9H7BrF2O. The van der Waals surface area contributed by atoms with Gasteiger partial charge in [-0.1, -0.05) is 15.9 Å². The third kappa shape index (κ3) is 2.34. The number of carbonyl (C=O) groups is 1. The topological polar surface area (TPSA) is 17.1 Å². The second kappa shape index (κ2) is 3.96. The lowest BCUT2D eigenvalue weighted by Gasteiger charge is -2.03. The summed E-state index contributed by atoms with van der Waals surface area (Å²) in [6.45, 7) is 1.56. The molecule has 0 fully saturated rings. The maximum absolute atomic E-state index is 13.0. The highest BCUT2D eigenvalue weighted by Crippen LogP contribution is 2.14. The van der Waals surface area contributed by atoms with Crippen molar-refractivity contribution >= 4 is 21.7 Å². The summed E-state index contributed by atoms with van der Waals surface area (Å²) in [4.78, 5) is 10.8. The highest BCUT2D eigenvalue weighted by Gasteiger charge is 2.16. The molecule has 0 spiro atoms. The third-order valence-corrected chi connectivity index (χ3v) is 1.97. The molecular weight excluding hydrogens is 242 g/mol. The fraction of sp³-hybridized carbons (Fsp3) is 0.222. The van der Waals surface area contributed by atoms with Crippen LogP contribution in [0.4, 0.5) is 8.78 Å². The molecule has 1 nitrogen and oxygen atoms in total. The molecule has 0 saturated carbocycles. The minimum absolute atomic E-state index is 0.218. The van der Waals surface area contributed by atoms with Gasteiger partial charge in [0.25, 0.3) is 0 Å². The Morgan fingerprint density at radius 1 is 1.46 bits per heavy atom. The van der Waals surface area contributed by atoms with Crippen LogP contribution >= 0.6 is 15.9 Å². The molecule has 0 unspecified atom stereocenters. The summed E-state index contributed by atoms with van der Waals surface area (Å²) in [7, 11) is 0. The third-order valence-electron chi connectivity index (χ3n) is 1.56. The Morgan fingerprint density at radius 2 is 2.08 bits per heavy atom. The van der Waals surface area contributed by atoms with Crippen molar-refractivity contribution in [2.75, 3.05) is 0 Å². The van der Waals surface area contributed by atoms with Crippen molar-refractivity contribution in [1.29, 1.82) is 0 Å². The zero-order valence-corrected chi connectivity index (χ0v) is 8.44. The van der Waals surface area contributed by atoms with Gasteiger partial charge in [-0.2, -0.15) is 0 Å². The molecule has 1 atom stereocenters. The van der Waals surface area contributed by atoms with Gasteiger partial charge >= 0.3 is 0 Å². The van der Waals surface area contributed by atoms with Gasteiger partial charge in [0.15, 0.2) is 5.78 Å². The molecule has 0 saturated heterocycles. The number of ketones is 1. The average molecular weight is 249 g/mol. The first-order valence-electron chi connectivity index (χ1n) is 3.65. The van der Waals surface area contributed by atoms with Crippen LogP contribution in [0, 0.1) is 11.6 Å². The molecule has 4 heteroatoms. The van der Waals surface area contributed by atoms with Crippen LogP contribution in [0.1, 0.15) is 17.3 Å². The largest absolute Gasteiger partial charge is 0.293 e. The molecule has 0 amide bonds. The molecule has 0 bridgehead atoms. The molecule has 1 aromatic carbocycles. The summed E-state index contributed by atoms with van der Waals surface area (Å²) in [6.07, 6.45) is 0. The number of alkyl halides is 1. The second-order valence-electron chi connectivity index (χ2n) is 2.60. The van der Waals surface area contributed by atoms with E-state index >= 15 is 0 Å². The Labute approximate surface area is 82.9 Å². The monoisotopic (exact) mass is 248 g/mol. The smallest absolute Gasteiger partial charge is 0.179 e. The van der Waals surface area contributed by atoms with Gasteiger partial charge in [-0.05, 0) is 25.1 Å². The van der Waals surface area contributed by atoms with Gasteiger partial charge in [-0.25, -0.2) is 8.78 Å². The first-order valence-corrected chi connectivity index (χ1v) is 4.57. The molecule has 0 aliphatic rings.